The number of anilines is 1. The van der Waals surface area contributed by atoms with E-state index in [2.05, 4.69) is 34.0 Å². The average Bonchev–Trinajstić information content (AvgIpc) is 3.01. The van der Waals surface area contributed by atoms with Crippen LogP contribution < -0.4 is 10.2 Å². The highest BCUT2D eigenvalue weighted by Crippen LogP contribution is 2.31. The molecule has 0 amide bonds. The molecule has 0 radical (unpaired) electrons. The maximum atomic E-state index is 4.62. The van der Waals surface area contributed by atoms with Crippen LogP contribution in [0.15, 0.2) is 6.33 Å². The molecule has 4 nitrogen and oxygen atoms in total. The molecular weight excluding hydrogens is 260 g/mol. The number of piperidine rings is 1. The van der Waals surface area contributed by atoms with Crippen molar-refractivity contribution in [2.75, 3.05) is 24.5 Å². The molecule has 1 aromatic heterocycles. The summed E-state index contributed by atoms with van der Waals surface area (Å²) in [7, 11) is 0. The van der Waals surface area contributed by atoms with E-state index < -0.39 is 0 Å². The number of hydrogen-bond acceptors (Lipinski definition) is 4. The van der Waals surface area contributed by atoms with Gasteiger partial charge in [0.15, 0.2) is 0 Å². The third-order valence-corrected chi connectivity index (χ3v) is 5.03. The predicted octanol–water partition coefficient (Wildman–Crippen LogP) is 2.57. The summed E-state index contributed by atoms with van der Waals surface area (Å²) < 4.78 is 0. The molecule has 2 aliphatic rings. The number of aryl methyl sites for hydroxylation is 1. The number of nitrogens with one attached hydrogen (secondary N) is 1. The third-order valence-electron chi connectivity index (χ3n) is 5.03. The predicted molar refractivity (Wildman–Crippen MR) is 86.7 cm³/mol. The first-order valence-electron chi connectivity index (χ1n) is 8.60. The zero-order valence-electron chi connectivity index (χ0n) is 13.4. The Kier molecular flexibility index (Phi) is 4.73. The van der Waals surface area contributed by atoms with Gasteiger partial charge in [-0.05, 0) is 57.9 Å². The summed E-state index contributed by atoms with van der Waals surface area (Å²) in [6.45, 7) is 7.99. The van der Waals surface area contributed by atoms with Crippen molar-refractivity contribution in [3.8, 4) is 0 Å². The molecule has 0 spiro atoms. The highest BCUT2D eigenvalue weighted by Gasteiger charge is 2.28. The van der Waals surface area contributed by atoms with E-state index in [9.17, 15) is 0 Å². The Labute approximate surface area is 128 Å². The summed E-state index contributed by atoms with van der Waals surface area (Å²) in [6.07, 6.45) is 9.13. The molecule has 4 heteroatoms. The van der Waals surface area contributed by atoms with Crippen molar-refractivity contribution in [2.45, 2.75) is 58.4 Å². The minimum Gasteiger partial charge on any atom is -0.356 e. The van der Waals surface area contributed by atoms with Gasteiger partial charge in [0.1, 0.15) is 12.1 Å². The number of nitrogens with zero attached hydrogens (tertiary/aromatic N) is 3. The van der Waals surface area contributed by atoms with Gasteiger partial charge in [0.2, 0.25) is 0 Å². The van der Waals surface area contributed by atoms with Gasteiger partial charge in [-0.1, -0.05) is 6.92 Å². The van der Waals surface area contributed by atoms with E-state index in [1.165, 1.54) is 42.8 Å². The van der Waals surface area contributed by atoms with E-state index in [-0.39, 0.29) is 0 Å². The van der Waals surface area contributed by atoms with Crippen LogP contribution in [0, 0.1) is 5.92 Å². The summed E-state index contributed by atoms with van der Waals surface area (Å²) >= 11 is 0. The number of rotatable bonds is 5. The Hall–Kier alpha value is -1.16. The van der Waals surface area contributed by atoms with E-state index in [1.807, 2.05) is 0 Å². The van der Waals surface area contributed by atoms with Crippen LogP contribution in [0.2, 0.25) is 0 Å². The fourth-order valence-electron chi connectivity index (χ4n) is 3.76. The van der Waals surface area contributed by atoms with Crippen LogP contribution in [-0.4, -0.2) is 35.6 Å². The number of aromatic nitrogens is 2. The van der Waals surface area contributed by atoms with E-state index >= 15 is 0 Å². The van der Waals surface area contributed by atoms with E-state index in [0.717, 1.165) is 38.4 Å². The van der Waals surface area contributed by atoms with E-state index in [1.54, 1.807) is 6.33 Å². The maximum absolute atomic E-state index is 4.62. The standard InChI is InChI=1S/C17H28N4/c1-3-9-18-13(2)14-6-5-10-21(11-14)17-15-7-4-8-16(15)19-12-20-17/h12-14,18H,3-11H2,1-2H3. The molecular formula is C17H28N4. The zero-order chi connectivity index (χ0) is 14.7. The second-order valence-electron chi connectivity index (χ2n) is 6.57. The molecule has 2 heterocycles. The van der Waals surface area contributed by atoms with Crippen LogP contribution >= 0.6 is 0 Å². The van der Waals surface area contributed by atoms with Crippen molar-refractivity contribution in [2.24, 2.45) is 5.92 Å². The van der Waals surface area contributed by atoms with E-state index in [0.29, 0.717) is 6.04 Å². The summed E-state index contributed by atoms with van der Waals surface area (Å²) in [6, 6.07) is 0.600. The lowest BCUT2D eigenvalue weighted by Crippen LogP contribution is -2.45. The average molecular weight is 288 g/mol. The minimum absolute atomic E-state index is 0.600. The fraction of sp³-hybridized carbons (Fsp3) is 0.765. The zero-order valence-corrected chi connectivity index (χ0v) is 13.4. The second kappa shape index (κ2) is 6.73. The summed E-state index contributed by atoms with van der Waals surface area (Å²) in [5.74, 6) is 1.96. The van der Waals surface area contributed by atoms with Gasteiger partial charge in [0.25, 0.3) is 0 Å². The van der Waals surface area contributed by atoms with Gasteiger partial charge >= 0.3 is 0 Å². The van der Waals surface area contributed by atoms with Crippen LogP contribution in [0.1, 0.15) is 50.8 Å². The molecule has 2 atom stereocenters. The summed E-state index contributed by atoms with van der Waals surface area (Å²) in [4.78, 5) is 11.6. The second-order valence-corrected chi connectivity index (χ2v) is 6.57. The van der Waals surface area contributed by atoms with Crippen molar-refractivity contribution in [1.29, 1.82) is 0 Å². The maximum Gasteiger partial charge on any atom is 0.135 e. The summed E-state index contributed by atoms with van der Waals surface area (Å²) in [5, 5.41) is 3.67. The van der Waals surface area contributed by atoms with Gasteiger partial charge < -0.3 is 10.2 Å². The Morgan fingerprint density at radius 1 is 1.33 bits per heavy atom. The number of hydrogen-bond donors (Lipinski definition) is 1. The first-order valence-corrected chi connectivity index (χ1v) is 8.60. The Balaban J connectivity index is 1.70. The lowest BCUT2D eigenvalue weighted by atomic mass is 9.91. The molecule has 21 heavy (non-hydrogen) atoms. The first-order chi connectivity index (χ1) is 10.3. The number of fused-ring (bicyclic) bond motifs is 1. The Bertz CT molecular complexity index is 474. The molecule has 1 fully saturated rings. The van der Waals surface area contributed by atoms with Crippen molar-refractivity contribution in [3.05, 3.63) is 17.6 Å². The molecule has 116 valence electrons. The van der Waals surface area contributed by atoms with Gasteiger partial charge in [0, 0.05) is 30.4 Å². The quantitative estimate of drug-likeness (QED) is 0.904. The van der Waals surface area contributed by atoms with Crippen LogP contribution in [-0.2, 0) is 12.8 Å². The highest BCUT2D eigenvalue weighted by atomic mass is 15.2. The van der Waals surface area contributed by atoms with Gasteiger partial charge in [-0.15, -0.1) is 0 Å². The Morgan fingerprint density at radius 2 is 2.24 bits per heavy atom. The molecule has 3 rings (SSSR count). The van der Waals surface area contributed by atoms with Gasteiger partial charge in [-0.2, -0.15) is 0 Å². The van der Waals surface area contributed by atoms with Crippen molar-refractivity contribution < 1.29 is 0 Å². The first kappa shape index (κ1) is 14.8. The lowest BCUT2D eigenvalue weighted by Gasteiger charge is -2.37. The molecule has 1 aliphatic carbocycles. The molecule has 1 aliphatic heterocycles. The normalized spacial score (nSPS) is 23.1. The fourth-order valence-corrected chi connectivity index (χ4v) is 3.76. The van der Waals surface area contributed by atoms with Crippen LogP contribution in [0.5, 0.6) is 0 Å². The van der Waals surface area contributed by atoms with Crippen molar-refractivity contribution in [1.82, 2.24) is 15.3 Å². The van der Waals surface area contributed by atoms with Gasteiger partial charge in [-0.3, -0.25) is 0 Å². The molecule has 1 saturated heterocycles. The largest absolute Gasteiger partial charge is 0.356 e. The molecule has 0 bridgehead atoms. The van der Waals surface area contributed by atoms with Crippen molar-refractivity contribution >= 4 is 5.82 Å². The Morgan fingerprint density at radius 3 is 3.10 bits per heavy atom. The smallest absolute Gasteiger partial charge is 0.135 e. The van der Waals surface area contributed by atoms with Gasteiger partial charge in [-0.25, -0.2) is 9.97 Å². The summed E-state index contributed by atoms with van der Waals surface area (Å²) in [5.41, 5.74) is 2.71. The topological polar surface area (TPSA) is 41.0 Å². The third kappa shape index (κ3) is 3.20. The highest BCUT2D eigenvalue weighted by molar-refractivity contribution is 5.50. The van der Waals surface area contributed by atoms with Crippen LogP contribution in [0.3, 0.4) is 0 Å². The molecule has 2 unspecified atom stereocenters. The lowest BCUT2D eigenvalue weighted by molar-refractivity contribution is 0.319. The van der Waals surface area contributed by atoms with Gasteiger partial charge in [0.05, 0.1) is 0 Å². The minimum atomic E-state index is 0.600. The van der Waals surface area contributed by atoms with Crippen LogP contribution in [0.4, 0.5) is 5.82 Å². The van der Waals surface area contributed by atoms with Crippen LogP contribution in [0.25, 0.3) is 0 Å². The van der Waals surface area contributed by atoms with Crippen molar-refractivity contribution in [3.63, 3.8) is 0 Å². The molecule has 1 N–H and O–H groups in total. The van der Waals surface area contributed by atoms with E-state index in [4.69, 9.17) is 0 Å². The molecule has 1 aromatic rings. The SMILES string of the molecule is CCCNC(C)C1CCCN(c2ncnc3c2CCC3)C1. The molecule has 0 aromatic carbocycles. The monoisotopic (exact) mass is 288 g/mol. The molecule has 0 saturated carbocycles.